The number of nitrogens with one attached hydrogen (secondary N) is 1. The molecule has 0 amide bonds. The van der Waals surface area contributed by atoms with Crippen LogP contribution in [-0.4, -0.2) is 12.6 Å². The Morgan fingerprint density at radius 3 is 2.36 bits per heavy atom. The molecule has 0 radical (unpaired) electrons. The van der Waals surface area contributed by atoms with Gasteiger partial charge in [0.25, 0.3) is 0 Å². The molecule has 1 saturated carbocycles. The van der Waals surface area contributed by atoms with Crippen molar-refractivity contribution >= 4 is 11.6 Å². The van der Waals surface area contributed by atoms with Gasteiger partial charge in [0.05, 0.1) is 0 Å². The number of halogens is 1. The predicted molar refractivity (Wildman–Crippen MR) is 63.7 cm³/mol. The molecule has 1 N–H and O–H groups in total. The maximum Gasteiger partial charge on any atom is 0.0176 e. The van der Waals surface area contributed by atoms with Gasteiger partial charge in [-0.15, -0.1) is 0 Å². The van der Waals surface area contributed by atoms with Crippen LogP contribution in [0.15, 0.2) is 11.1 Å². The Balaban J connectivity index is 2.20. The van der Waals surface area contributed by atoms with Gasteiger partial charge in [-0.05, 0) is 25.3 Å². The fourth-order valence-electron chi connectivity index (χ4n) is 2.00. The molecule has 82 valence electrons. The highest BCUT2D eigenvalue weighted by molar-refractivity contribution is 6.25. The van der Waals surface area contributed by atoms with E-state index in [1.54, 1.807) is 5.54 Å². The van der Waals surface area contributed by atoms with Gasteiger partial charge >= 0.3 is 0 Å². The second-order valence-electron chi connectivity index (χ2n) is 4.38. The van der Waals surface area contributed by atoms with Gasteiger partial charge in [0.1, 0.15) is 0 Å². The van der Waals surface area contributed by atoms with E-state index in [0.717, 1.165) is 12.6 Å². The molecular formula is C12H22ClN. The van der Waals surface area contributed by atoms with Crippen LogP contribution in [0.4, 0.5) is 0 Å². The molecule has 0 aromatic rings. The van der Waals surface area contributed by atoms with Crippen LogP contribution in [0.1, 0.15) is 51.9 Å². The van der Waals surface area contributed by atoms with E-state index in [0.29, 0.717) is 0 Å². The summed E-state index contributed by atoms with van der Waals surface area (Å²) in [6.45, 7) is 3.02. The summed E-state index contributed by atoms with van der Waals surface area (Å²) in [6, 6.07) is 0.724. The average molecular weight is 216 g/mol. The molecule has 1 aliphatic carbocycles. The molecule has 0 aliphatic heterocycles. The SMILES string of the molecule is CC(=CCl)CNC1CCCCCCC1. The molecule has 0 atom stereocenters. The third kappa shape index (κ3) is 5.02. The van der Waals surface area contributed by atoms with Gasteiger partial charge in [0.15, 0.2) is 0 Å². The van der Waals surface area contributed by atoms with E-state index in [-0.39, 0.29) is 0 Å². The molecular weight excluding hydrogens is 194 g/mol. The van der Waals surface area contributed by atoms with Crippen molar-refractivity contribution in [3.05, 3.63) is 11.1 Å². The normalized spacial score (nSPS) is 21.7. The van der Waals surface area contributed by atoms with Crippen molar-refractivity contribution in [1.82, 2.24) is 5.32 Å². The minimum Gasteiger partial charge on any atom is -0.310 e. The van der Waals surface area contributed by atoms with Crippen LogP contribution in [-0.2, 0) is 0 Å². The lowest BCUT2D eigenvalue weighted by Crippen LogP contribution is -2.30. The number of rotatable bonds is 3. The predicted octanol–water partition coefficient (Wildman–Crippen LogP) is 3.83. The zero-order valence-electron chi connectivity index (χ0n) is 9.19. The molecule has 0 bridgehead atoms. The average Bonchev–Trinajstić information content (AvgIpc) is 2.15. The van der Waals surface area contributed by atoms with Crippen molar-refractivity contribution in [2.24, 2.45) is 0 Å². The van der Waals surface area contributed by atoms with Crippen molar-refractivity contribution in [2.45, 2.75) is 57.9 Å². The van der Waals surface area contributed by atoms with Crippen LogP contribution in [0.2, 0.25) is 0 Å². The molecule has 2 heteroatoms. The van der Waals surface area contributed by atoms with E-state index in [4.69, 9.17) is 11.6 Å². The Bertz CT molecular complexity index is 169. The van der Waals surface area contributed by atoms with E-state index in [2.05, 4.69) is 12.2 Å². The highest BCUT2D eigenvalue weighted by atomic mass is 35.5. The standard InChI is InChI=1S/C12H22ClN/c1-11(9-13)10-14-12-7-5-3-2-4-6-8-12/h9,12,14H,2-8,10H2,1H3. The summed E-state index contributed by atoms with van der Waals surface area (Å²) in [4.78, 5) is 0. The van der Waals surface area contributed by atoms with Crippen molar-refractivity contribution in [3.63, 3.8) is 0 Å². The van der Waals surface area contributed by atoms with Crippen LogP contribution >= 0.6 is 11.6 Å². The minimum atomic E-state index is 0.724. The van der Waals surface area contributed by atoms with Crippen molar-refractivity contribution in [2.75, 3.05) is 6.54 Å². The highest BCUT2D eigenvalue weighted by Gasteiger charge is 2.09. The molecule has 0 aromatic carbocycles. The fraction of sp³-hybridized carbons (Fsp3) is 0.833. The second-order valence-corrected chi connectivity index (χ2v) is 4.60. The molecule has 1 fully saturated rings. The molecule has 0 saturated heterocycles. The molecule has 1 aliphatic rings. The quantitative estimate of drug-likeness (QED) is 0.755. The molecule has 0 aromatic heterocycles. The smallest absolute Gasteiger partial charge is 0.0176 e. The van der Waals surface area contributed by atoms with Crippen molar-refractivity contribution in [3.8, 4) is 0 Å². The first-order valence-electron chi connectivity index (χ1n) is 5.82. The summed E-state index contributed by atoms with van der Waals surface area (Å²) in [5.41, 5.74) is 2.91. The Hall–Kier alpha value is -0.0100. The van der Waals surface area contributed by atoms with Crippen LogP contribution in [0, 0.1) is 0 Å². The van der Waals surface area contributed by atoms with Gasteiger partial charge in [0, 0.05) is 18.1 Å². The lowest BCUT2D eigenvalue weighted by Gasteiger charge is -2.21. The van der Waals surface area contributed by atoms with Gasteiger partial charge in [-0.1, -0.05) is 43.7 Å². The molecule has 0 spiro atoms. The molecule has 14 heavy (non-hydrogen) atoms. The summed E-state index contributed by atoms with van der Waals surface area (Å²) in [5.74, 6) is 0. The van der Waals surface area contributed by atoms with E-state index < -0.39 is 0 Å². The zero-order valence-corrected chi connectivity index (χ0v) is 9.95. The summed E-state index contributed by atoms with van der Waals surface area (Å²) in [6.07, 6.45) is 9.74. The van der Waals surface area contributed by atoms with Crippen LogP contribution < -0.4 is 5.32 Å². The van der Waals surface area contributed by atoms with Gasteiger partial charge < -0.3 is 5.32 Å². The van der Waals surface area contributed by atoms with Crippen LogP contribution in [0.3, 0.4) is 0 Å². The highest BCUT2D eigenvalue weighted by Crippen LogP contribution is 2.17. The van der Waals surface area contributed by atoms with E-state index in [9.17, 15) is 0 Å². The maximum atomic E-state index is 5.63. The first-order valence-corrected chi connectivity index (χ1v) is 6.26. The zero-order chi connectivity index (χ0) is 10.2. The third-order valence-electron chi connectivity index (χ3n) is 2.96. The monoisotopic (exact) mass is 215 g/mol. The molecule has 0 heterocycles. The Kier molecular flexibility index (Phi) is 6.29. The van der Waals surface area contributed by atoms with Gasteiger partial charge in [-0.2, -0.15) is 0 Å². The molecule has 0 unspecified atom stereocenters. The van der Waals surface area contributed by atoms with E-state index in [1.165, 1.54) is 50.5 Å². The minimum absolute atomic E-state index is 0.724. The fourth-order valence-corrected chi connectivity index (χ4v) is 2.08. The van der Waals surface area contributed by atoms with Crippen molar-refractivity contribution in [1.29, 1.82) is 0 Å². The topological polar surface area (TPSA) is 12.0 Å². The summed E-state index contributed by atoms with van der Waals surface area (Å²) >= 11 is 5.63. The first kappa shape index (κ1) is 12.1. The summed E-state index contributed by atoms with van der Waals surface area (Å²) in [5, 5.41) is 3.59. The van der Waals surface area contributed by atoms with Gasteiger partial charge in [-0.3, -0.25) is 0 Å². The maximum absolute atomic E-state index is 5.63. The van der Waals surface area contributed by atoms with Gasteiger partial charge in [0.2, 0.25) is 0 Å². The first-order chi connectivity index (χ1) is 6.83. The molecule has 1 rings (SSSR count). The molecule has 1 nitrogen and oxygen atoms in total. The Morgan fingerprint density at radius 2 is 1.79 bits per heavy atom. The number of hydrogen-bond acceptors (Lipinski definition) is 1. The van der Waals surface area contributed by atoms with Crippen LogP contribution in [0.25, 0.3) is 0 Å². The van der Waals surface area contributed by atoms with E-state index in [1.807, 2.05) is 0 Å². The lowest BCUT2D eigenvalue weighted by atomic mass is 9.96. The van der Waals surface area contributed by atoms with Crippen molar-refractivity contribution < 1.29 is 0 Å². The lowest BCUT2D eigenvalue weighted by molar-refractivity contribution is 0.399. The van der Waals surface area contributed by atoms with Crippen LogP contribution in [0.5, 0.6) is 0 Å². The summed E-state index contributed by atoms with van der Waals surface area (Å²) < 4.78 is 0. The third-order valence-corrected chi connectivity index (χ3v) is 3.33. The Labute approximate surface area is 92.9 Å². The van der Waals surface area contributed by atoms with E-state index >= 15 is 0 Å². The largest absolute Gasteiger partial charge is 0.310 e. The second kappa shape index (κ2) is 7.30. The summed E-state index contributed by atoms with van der Waals surface area (Å²) in [7, 11) is 0. The number of hydrogen-bond donors (Lipinski definition) is 1. The Morgan fingerprint density at radius 1 is 1.21 bits per heavy atom. The van der Waals surface area contributed by atoms with Gasteiger partial charge in [-0.25, -0.2) is 0 Å².